The zero-order valence-corrected chi connectivity index (χ0v) is 16.4. The van der Waals surface area contributed by atoms with Gasteiger partial charge >= 0.3 is 5.97 Å². The highest BCUT2D eigenvalue weighted by atomic mass is 35.5. The van der Waals surface area contributed by atoms with Crippen LogP contribution >= 0.6 is 23.2 Å². The molecule has 0 fully saturated rings. The third-order valence-corrected chi connectivity index (χ3v) is 5.83. The summed E-state index contributed by atoms with van der Waals surface area (Å²) in [5.74, 6) is -1.37. The molecule has 2 aromatic carbocycles. The van der Waals surface area contributed by atoms with Crippen LogP contribution in [0.2, 0.25) is 10.0 Å². The Balaban J connectivity index is 1.56. The highest BCUT2D eigenvalue weighted by molar-refractivity contribution is 7.90. The van der Waals surface area contributed by atoms with Gasteiger partial charge in [0.2, 0.25) is 0 Å². The number of benzene rings is 2. The molecule has 11 heteroatoms. The molecule has 1 heterocycles. The van der Waals surface area contributed by atoms with Crippen LogP contribution in [0.3, 0.4) is 0 Å². The molecule has 1 aliphatic rings. The first-order valence-electron chi connectivity index (χ1n) is 7.84. The second-order valence-electron chi connectivity index (χ2n) is 5.58. The topological polar surface area (TPSA) is 114 Å². The fourth-order valence-electron chi connectivity index (χ4n) is 2.37. The van der Waals surface area contributed by atoms with Crippen molar-refractivity contribution in [2.45, 2.75) is 4.90 Å². The normalized spacial score (nSPS) is 15.6. The Hall–Kier alpha value is -2.62. The van der Waals surface area contributed by atoms with Gasteiger partial charge in [0.15, 0.2) is 6.61 Å². The van der Waals surface area contributed by atoms with Gasteiger partial charge in [-0.3, -0.25) is 19.3 Å². The molecule has 0 radical (unpaired) electrons. The molecule has 1 amide bonds. The van der Waals surface area contributed by atoms with E-state index in [0.717, 1.165) is 0 Å². The highest BCUT2D eigenvalue weighted by Gasteiger charge is 2.30. The number of halogens is 2. The zero-order valence-electron chi connectivity index (χ0n) is 14.1. The van der Waals surface area contributed by atoms with Crippen molar-refractivity contribution in [2.24, 2.45) is 4.99 Å². The Labute approximate surface area is 170 Å². The summed E-state index contributed by atoms with van der Waals surface area (Å²) in [4.78, 5) is 27.7. The van der Waals surface area contributed by atoms with E-state index >= 15 is 0 Å². The summed E-state index contributed by atoms with van der Waals surface area (Å²) in [5, 5.41) is 2.91. The SMILES string of the molecule is O=C(COC(=O)CN=C1NS(=O)(=O)c2ccccc21)Nc1cccc(Cl)c1Cl. The summed E-state index contributed by atoms with van der Waals surface area (Å²) in [6.07, 6.45) is 0. The van der Waals surface area contributed by atoms with Gasteiger partial charge in [-0.15, -0.1) is 0 Å². The van der Waals surface area contributed by atoms with Crippen LogP contribution in [0.25, 0.3) is 0 Å². The molecule has 0 saturated heterocycles. The van der Waals surface area contributed by atoms with Gasteiger partial charge in [-0.05, 0) is 24.3 Å². The molecule has 28 heavy (non-hydrogen) atoms. The van der Waals surface area contributed by atoms with Crippen molar-refractivity contribution in [3.05, 3.63) is 58.1 Å². The number of hydrogen-bond acceptors (Lipinski definition) is 6. The zero-order chi connectivity index (χ0) is 20.3. The average Bonchev–Trinajstić information content (AvgIpc) is 2.93. The molecule has 2 aromatic rings. The van der Waals surface area contributed by atoms with Gasteiger partial charge in [0.1, 0.15) is 12.4 Å². The van der Waals surface area contributed by atoms with Crippen LogP contribution in [0, 0.1) is 0 Å². The lowest BCUT2D eigenvalue weighted by Crippen LogP contribution is -2.25. The largest absolute Gasteiger partial charge is 0.454 e. The van der Waals surface area contributed by atoms with Crippen molar-refractivity contribution in [2.75, 3.05) is 18.5 Å². The van der Waals surface area contributed by atoms with Crippen LogP contribution in [0.1, 0.15) is 5.56 Å². The number of aliphatic imine (C=N–C) groups is 1. The molecule has 0 unspecified atom stereocenters. The highest BCUT2D eigenvalue weighted by Crippen LogP contribution is 2.29. The molecule has 8 nitrogen and oxygen atoms in total. The summed E-state index contributed by atoms with van der Waals surface area (Å²) >= 11 is 11.8. The van der Waals surface area contributed by atoms with Crippen LogP contribution in [-0.4, -0.2) is 39.3 Å². The maximum atomic E-state index is 12.0. The third kappa shape index (κ3) is 4.44. The van der Waals surface area contributed by atoms with Crippen molar-refractivity contribution in [1.82, 2.24) is 4.72 Å². The van der Waals surface area contributed by atoms with Gasteiger partial charge in [-0.1, -0.05) is 41.4 Å². The van der Waals surface area contributed by atoms with Gasteiger partial charge < -0.3 is 10.1 Å². The lowest BCUT2D eigenvalue weighted by Gasteiger charge is -2.08. The molecule has 3 rings (SSSR count). The van der Waals surface area contributed by atoms with E-state index in [1.807, 2.05) is 0 Å². The Morgan fingerprint density at radius 1 is 1.11 bits per heavy atom. The van der Waals surface area contributed by atoms with E-state index in [0.29, 0.717) is 5.56 Å². The van der Waals surface area contributed by atoms with E-state index < -0.39 is 35.1 Å². The minimum Gasteiger partial charge on any atom is -0.454 e. The Kier molecular flexibility index (Phi) is 5.87. The fraction of sp³-hybridized carbons (Fsp3) is 0.118. The Morgan fingerprint density at radius 3 is 2.64 bits per heavy atom. The summed E-state index contributed by atoms with van der Waals surface area (Å²) in [5.41, 5.74) is 0.649. The Morgan fingerprint density at radius 2 is 1.86 bits per heavy atom. The van der Waals surface area contributed by atoms with E-state index in [4.69, 9.17) is 27.9 Å². The van der Waals surface area contributed by atoms with E-state index in [-0.39, 0.29) is 26.5 Å². The number of nitrogens with zero attached hydrogens (tertiary/aromatic N) is 1. The lowest BCUT2D eigenvalue weighted by molar-refractivity contribution is -0.145. The van der Waals surface area contributed by atoms with Gasteiger partial charge in [0.25, 0.3) is 15.9 Å². The molecular weight excluding hydrogens is 429 g/mol. The Bertz CT molecular complexity index is 1090. The molecule has 0 saturated carbocycles. The number of amidine groups is 1. The van der Waals surface area contributed by atoms with Crippen molar-refractivity contribution in [1.29, 1.82) is 0 Å². The molecule has 0 bridgehead atoms. The maximum absolute atomic E-state index is 12.0. The molecule has 146 valence electrons. The molecule has 0 aromatic heterocycles. The predicted octanol–water partition coefficient (Wildman–Crippen LogP) is 2.21. The number of fused-ring (bicyclic) bond motifs is 1. The second kappa shape index (κ2) is 8.17. The number of esters is 1. The van der Waals surface area contributed by atoms with Crippen molar-refractivity contribution < 1.29 is 22.7 Å². The fourth-order valence-corrected chi connectivity index (χ4v) is 3.97. The van der Waals surface area contributed by atoms with Crippen LogP contribution in [-0.2, 0) is 24.3 Å². The molecule has 2 N–H and O–H groups in total. The number of rotatable bonds is 5. The number of ether oxygens (including phenoxy) is 1. The number of amides is 1. The number of nitrogens with one attached hydrogen (secondary N) is 2. The van der Waals surface area contributed by atoms with Gasteiger partial charge in [0, 0.05) is 5.56 Å². The van der Waals surface area contributed by atoms with Crippen molar-refractivity contribution in [3.63, 3.8) is 0 Å². The van der Waals surface area contributed by atoms with Crippen LogP contribution in [0.15, 0.2) is 52.4 Å². The molecule has 0 aliphatic carbocycles. The van der Waals surface area contributed by atoms with Gasteiger partial charge in [0.05, 0.1) is 20.6 Å². The van der Waals surface area contributed by atoms with Crippen molar-refractivity contribution in [3.8, 4) is 0 Å². The van der Waals surface area contributed by atoms with E-state index in [1.54, 1.807) is 36.4 Å². The smallest absolute Gasteiger partial charge is 0.328 e. The quantitative estimate of drug-likeness (QED) is 0.690. The minimum absolute atomic E-state index is 0.0442. The van der Waals surface area contributed by atoms with Crippen LogP contribution < -0.4 is 10.0 Å². The van der Waals surface area contributed by atoms with Crippen LogP contribution in [0.5, 0.6) is 0 Å². The first-order chi connectivity index (χ1) is 13.3. The number of carbonyl (C=O) groups excluding carboxylic acids is 2. The van der Waals surface area contributed by atoms with E-state index in [2.05, 4.69) is 15.0 Å². The molecule has 0 spiro atoms. The number of anilines is 1. The molecular formula is C17H13Cl2N3O5S. The van der Waals surface area contributed by atoms with E-state index in [9.17, 15) is 18.0 Å². The summed E-state index contributed by atoms with van der Waals surface area (Å²) in [7, 11) is -3.69. The van der Waals surface area contributed by atoms with Gasteiger partial charge in [-0.25, -0.2) is 8.42 Å². The number of sulfonamides is 1. The first kappa shape index (κ1) is 20.1. The lowest BCUT2D eigenvalue weighted by atomic mass is 10.2. The molecule has 0 atom stereocenters. The maximum Gasteiger partial charge on any atom is 0.328 e. The first-order valence-corrected chi connectivity index (χ1v) is 10.1. The minimum atomic E-state index is -3.69. The number of hydrogen-bond donors (Lipinski definition) is 2. The average molecular weight is 442 g/mol. The van der Waals surface area contributed by atoms with Crippen LogP contribution in [0.4, 0.5) is 5.69 Å². The third-order valence-electron chi connectivity index (χ3n) is 3.62. The molecule has 1 aliphatic heterocycles. The summed E-state index contributed by atoms with van der Waals surface area (Å²) in [6, 6.07) is 11.0. The van der Waals surface area contributed by atoms with Gasteiger partial charge in [-0.2, -0.15) is 0 Å². The summed E-state index contributed by atoms with van der Waals surface area (Å²) in [6.45, 7) is -1.02. The van der Waals surface area contributed by atoms with E-state index in [1.165, 1.54) is 6.07 Å². The van der Waals surface area contributed by atoms with Crippen molar-refractivity contribution >= 4 is 56.6 Å². The number of carbonyl (C=O) groups is 2. The predicted molar refractivity (Wildman–Crippen MR) is 104 cm³/mol. The standard InChI is InChI=1S/C17H13Cl2N3O5S/c18-11-5-3-6-12(16(11)19)21-14(23)9-27-15(24)8-20-17-10-4-1-2-7-13(10)28(25,26)22-17/h1-7H,8-9H2,(H,20,22)(H,21,23). The second-order valence-corrected chi connectivity index (χ2v) is 8.01. The summed E-state index contributed by atoms with van der Waals surface area (Å²) < 4.78 is 31.0. The monoisotopic (exact) mass is 441 g/mol.